The number of halogens is 1. The van der Waals surface area contributed by atoms with Gasteiger partial charge in [0.25, 0.3) is 0 Å². The summed E-state index contributed by atoms with van der Waals surface area (Å²) in [6.45, 7) is 0. The Morgan fingerprint density at radius 2 is 1.93 bits per heavy atom. The van der Waals surface area contributed by atoms with E-state index in [2.05, 4.69) is 15.9 Å². The third-order valence-electron chi connectivity index (χ3n) is 4.92. The predicted molar refractivity (Wildman–Crippen MR) is 65.3 cm³/mol. The van der Waals surface area contributed by atoms with Gasteiger partial charge in [0.1, 0.15) is 0 Å². The normalized spacial score (nSPS) is 49.8. The fraction of sp³-hybridized carbons (Fsp3) is 1.00. The summed E-state index contributed by atoms with van der Waals surface area (Å²) < 4.78 is 6.45. The van der Waals surface area contributed by atoms with Crippen molar-refractivity contribution in [1.82, 2.24) is 0 Å². The Hall–Kier alpha value is 0.440. The highest BCUT2D eigenvalue weighted by molar-refractivity contribution is 9.09. The Balaban J connectivity index is 1.77. The predicted octanol–water partition coefficient (Wildman–Crippen LogP) is 3.90. The molecule has 2 unspecified atom stereocenters. The number of rotatable bonds is 1. The number of hydrogen-bond donors (Lipinski definition) is 0. The second kappa shape index (κ2) is 4.03. The van der Waals surface area contributed by atoms with Crippen LogP contribution in [0.1, 0.15) is 51.4 Å². The molecular weight excluding hydrogens is 252 g/mol. The lowest BCUT2D eigenvalue weighted by atomic mass is 9.60. The number of fused-ring (bicyclic) bond motifs is 2. The van der Waals surface area contributed by atoms with E-state index >= 15 is 0 Å². The van der Waals surface area contributed by atoms with Gasteiger partial charge in [0, 0.05) is 5.33 Å². The standard InChI is InChI=1S/C13H21BrO/c14-9-12-2-1-7-13(15-12)8-10-3-5-11(13)6-4-10/h10-12H,1-9H2. The molecule has 2 bridgehead atoms. The molecule has 0 amide bonds. The largest absolute Gasteiger partial charge is 0.371 e. The minimum atomic E-state index is 0.317. The lowest BCUT2D eigenvalue weighted by Crippen LogP contribution is -2.53. The van der Waals surface area contributed by atoms with Crippen LogP contribution in [0.4, 0.5) is 0 Å². The van der Waals surface area contributed by atoms with Gasteiger partial charge in [0.15, 0.2) is 0 Å². The fourth-order valence-corrected chi connectivity index (χ4v) is 4.64. The first kappa shape index (κ1) is 10.6. The minimum absolute atomic E-state index is 0.317. The van der Waals surface area contributed by atoms with Crippen LogP contribution in [0, 0.1) is 11.8 Å². The lowest BCUT2D eigenvalue weighted by Gasteiger charge is -2.54. The summed E-state index contributed by atoms with van der Waals surface area (Å²) in [5, 5.41) is 1.03. The molecule has 3 saturated carbocycles. The summed E-state index contributed by atoms with van der Waals surface area (Å²) in [7, 11) is 0. The van der Waals surface area contributed by atoms with E-state index in [-0.39, 0.29) is 0 Å². The molecule has 3 aliphatic carbocycles. The van der Waals surface area contributed by atoms with Crippen molar-refractivity contribution in [2.75, 3.05) is 5.33 Å². The summed E-state index contributed by atoms with van der Waals surface area (Å²) in [5.41, 5.74) is 0.317. The second-order valence-electron chi connectivity index (χ2n) is 5.77. The summed E-state index contributed by atoms with van der Waals surface area (Å²) in [6, 6.07) is 0. The topological polar surface area (TPSA) is 9.23 Å². The number of hydrogen-bond acceptors (Lipinski definition) is 1. The molecule has 86 valence electrons. The molecule has 0 radical (unpaired) electrons. The molecule has 0 aromatic heterocycles. The quantitative estimate of drug-likeness (QED) is 0.658. The van der Waals surface area contributed by atoms with E-state index in [1.807, 2.05) is 0 Å². The Morgan fingerprint density at radius 3 is 2.53 bits per heavy atom. The van der Waals surface area contributed by atoms with Crippen molar-refractivity contribution in [3.05, 3.63) is 0 Å². The van der Waals surface area contributed by atoms with Crippen LogP contribution in [0.2, 0.25) is 0 Å². The van der Waals surface area contributed by atoms with Gasteiger partial charge in [0.05, 0.1) is 11.7 Å². The Labute approximate surface area is 101 Å². The van der Waals surface area contributed by atoms with E-state index in [9.17, 15) is 0 Å². The summed E-state index contributed by atoms with van der Waals surface area (Å²) in [4.78, 5) is 0. The lowest BCUT2D eigenvalue weighted by molar-refractivity contribution is -0.192. The molecule has 1 saturated heterocycles. The summed E-state index contributed by atoms with van der Waals surface area (Å²) in [6.07, 6.45) is 11.7. The van der Waals surface area contributed by atoms with Crippen LogP contribution in [0.3, 0.4) is 0 Å². The maximum atomic E-state index is 6.45. The summed E-state index contributed by atoms with van der Waals surface area (Å²) in [5.74, 6) is 1.88. The van der Waals surface area contributed by atoms with Crippen LogP contribution in [-0.2, 0) is 4.74 Å². The molecule has 4 aliphatic rings. The zero-order valence-corrected chi connectivity index (χ0v) is 11.0. The third kappa shape index (κ3) is 1.78. The summed E-state index contributed by atoms with van der Waals surface area (Å²) >= 11 is 3.59. The van der Waals surface area contributed by atoms with Crippen molar-refractivity contribution >= 4 is 15.9 Å². The van der Waals surface area contributed by atoms with Gasteiger partial charge < -0.3 is 4.74 Å². The SMILES string of the molecule is BrCC1CCCC2(CC3CCC2CC3)O1. The fourth-order valence-electron chi connectivity index (χ4n) is 4.19. The highest BCUT2D eigenvalue weighted by Crippen LogP contribution is 2.53. The zero-order chi connectivity index (χ0) is 10.3. The van der Waals surface area contributed by atoms with Gasteiger partial charge >= 0.3 is 0 Å². The van der Waals surface area contributed by atoms with Crippen molar-refractivity contribution in [1.29, 1.82) is 0 Å². The van der Waals surface area contributed by atoms with Crippen molar-refractivity contribution in [2.24, 2.45) is 11.8 Å². The second-order valence-corrected chi connectivity index (χ2v) is 6.42. The van der Waals surface area contributed by atoms with E-state index in [0.29, 0.717) is 11.7 Å². The molecule has 4 rings (SSSR count). The van der Waals surface area contributed by atoms with Crippen LogP contribution in [-0.4, -0.2) is 17.0 Å². The van der Waals surface area contributed by atoms with Gasteiger partial charge in [-0.2, -0.15) is 0 Å². The van der Waals surface area contributed by atoms with Gasteiger partial charge in [-0.3, -0.25) is 0 Å². The molecule has 0 N–H and O–H groups in total. The van der Waals surface area contributed by atoms with E-state index < -0.39 is 0 Å². The van der Waals surface area contributed by atoms with Gasteiger partial charge in [-0.25, -0.2) is 0 Å². The van der Waals surface area contributed by atoms with Crippen molar-refractivity contribution in [2.45, 2.75) is 63.1 Å². The zero-order valence-electron chi connectivity index (χ0n) is 9.38. The van der Waals surface area contributed by atoms with Gasteiger partial charge in [0.2, 0.25) is 0 Å². The highest BCUT2D eigenvalue weighted by Gasteiger charge is 2.50. The molecule has 1 aliphatic heterocycles. The van der Waals surface area contributed by atoms with Crippen molar-refractivity contribution in [3.8, 4) is 0 Å². The Bertz CT molecular complexity index is 235. The molecule has 4 fully saturated rings. The molecule has 2 atom stereocenters. The number of ether oxygens (including phenoxy) is 1. The molecule has 1 nitrogen and oxygen atoms in total. The van der Waals surface area contributed by atoms with E-state index in [4.69, 9.17) is 4.74 Å². The molecule has 0 aromatic rings. The first-order valence-electron chi connectivity index (χ1n) is 6.56. The molecule has 1 heterocycles. The van der Waals surface area contributed by atoms with E-state index in [1.165, 1.54) is 51.4 Å². The smallest absolute Gasteiger partial charge is 0.0717 e. The maximum Gasteiger partial charge on any atom is 0.0717 e. The van der Waals surface area contributed by atoms with Crippen LogP contribution in [0.15, 0.2) is 0 Å². The Kier molecular flexibility index (Phi) is 2.84. The molecule has 1 spiro atoms. The molecular formula is C13H21BrO. The third-order valence-corrected chi connectivity index (χ3v) is 5.65. The van der Waals surface area contributed by atoms with Crippen LogP contribution >= 0.6 is 15.9 Å². The van der Waals surface area contributed by atoms with Crippen molar-refractivity contribution in [3.63, 3.8) is 0 Å². The maximum absolute atomic E-state index is 6.45. The van der Waals surface area contributed by atoms with Gasteiger partial charge in [-0.15, -0.1) is 0 Å². The van der Waals surface area contributed by atoms with Crippen LogP contribution in [0.25, 0.3) is 0 Å². The van der Waals surface area contributed by atoms with Crippen LogP contribution < -0.4 is 0 Å². The average molecular weight is 273 g/mol. The number of alkyl halides is 1. The van der Waals surface area contributed by atoms with Gasteiger partial charge in [-0.05, 0) is 63.2 Å². The van der Waals surface area contributed by atoms with Crippen LogP contribution in [0.5, 0.6) is 0 Å². The molecule has 0 aromatic carbocycles. The Morgan fingerprint density at radius 1 is 1.13 bits per heavy atom. The molecule has 2 heteroatoms. The van der Waals surface area contributed by atoms with E-state index in [1.54, 1.807) is 0 Å². The minimum Gasteiger partial charge on any atom is -0.371 e. The average Bonchev–Trinajstić information content (AvgIpc) is 2.30. The van der Waals surface area contributed by atoms with E-state index in [0.717, 1.165) is 17.2 Å². The van der Waals surface area contributed by atoms with Gasteiger partial charge in [-0.1, -0.05) is 15.9 Å². The van der Waals surface area contributed by atoms with Crippen molar-refractivity contribution < 1.29 is 4.74 Å². The first-order chi connectivity index (χ1) is 7.32. The first-order valence-corrected chi connectivity index (χ1v) is 7.68. The monoisotopic (exact) mass is 272 g/mol. The molecule has 15 heavy (non-hydrogen) atoms. The highest BCUT2D eigenvalue weighted by atomic mass is 79.9.